The van der Waals surface area contributed by atoms with Crippen molar-refractivity contribution in [3.05, 3.63) is 29.8 Å². The molecule has 0 spiro atoms. The van der Waals surface area contributed by atoms with Gasteiger partial charge in [-0.1, -0.05) is 0 Å². The predicted octanol–water partition coefficient (Wildman–Crippen LogP) is 2.53. The Bertz CT molecular complexity index is 566. The summed E-state index contributed by atoms with van der Waals surface area (Å²) in [4.78, 5) is 15.7. The Morgan fingerprint density at radius 1 is 1.47 bits per heavy atom. The zero-order valence-corrected chi connectivity index (χ0v) is 9.95. The zero-order valence-electron chi connectivity index (χ0n) is 9.14. The van der Waals surface area contributed by atoms with E-state index in [1.165, 1.54) is 0 Å². The summed E-state index contributed by atoms with van der Waals surface area (Å²) in [5.74, 6) is 0.589. The molecule has 0 saturated carbocycles. The van der Waals surface area contributed by atoms with E-state index in [-0.39, 0.29) is 5.91 Å². The minimum atomic E-state index is -0.437. The summed E-state index contributed by atoms with van der Waals surface area (Å²) in [6.07, 6.45) is 1.32. The zero-order chi connectivity index (χ0) is 11.8. The number of hydrogen-bond acceptors (Lipinski definition) is 4. The highest BCUT2D eigenvalue weighted by Crippen LogP contribution is 2.34. The number of thiazole rings is 1. The summed E-state index contributed by atoms with van der Waals surface area (Å²) in [7, 11) is 0. The second-order valence-electron chi connectivity index (χ2n) is 3.80. The Kier molecular flexibility index (Phi) is 2.33. The lowest BCUT2D eigenvalue weighted by Gasteiger charge is -2.23. The molecule has 0 fully saturated rings. The van der Waals surface area contributed by atoms with Crippen LogP contribution in [0.2, 0.25) is 0 Å². The third-order valence-corrected chi connectivity index (χ3v) is 3.41. The van der Waals surface area contributed by atoms with Crippen LogP contribution in [0.15, 0.2) is 29.8 Å². The van der Waals surface area contributed by atoms with E-state index in [0.29, 0.717) is 11.4 Å². The summed E-state index contributed by atoms with van der Waals surface area (Å²) >= 11 is 1.56. The number of benzene rings is 1. The Balaban J connectivity index is 2.02. The lowest BCUT2D eigenvalue weighted by atomic mass is 10.1. The average molecular weight is 246 g/mol. The fourth-order valence-corrected chi connectivity index (χ4v) is 2.34. The molecule has 5 heteroatoms. The van der Waals surface area contributed by atoms with Gasteiger partial charge in [-0.2, -0.15) is 0 Å². The van der Waals surface area contributed by atoms with E-state index in [0.717, 1.165) is 10.6 Å². The maximum atomic E-state index is 11.5. The van der Waals surface area contributed by atoms with Gasteiger partial charge in [0.2, 0.25) is 0 Å². The first kappa shape index (κ1) is 10.3. The summed E-state index contributed by atoms with van der Waals surface area (Å²) in [5, 5.41) is 5.68. The minimum Gasteiger partial charge on any atom is -0.479 e. The van der Waals surface area contributed by atoms with Gasteiger partial charge in [-0.05, 0) is 25.1 Å². The molecule has 17 heavy (non-hydrogen) atoms. The molecule has 1 aromatic heterocycles. The third kappa shape index (κ3) is 1.78. The fraction of sp³-hybridized carbons (Fsp3) is 0.167. The summed E-state index contributed by atoms with van der Waals surface area (Å²) < 4.78 is 5.49. The van der Waals surface area contributed by atoms with Crippen LogP contribution in [-0.4, -0.2) is 17.0 Å². The second-order valence-corrected chi connectivity index (χ2v) is 4.69. The number of anilines is 1. The van der Waals surface area contributed by atoms with Crippen molar-refractivity contribution in [2.45, 2.75) is 13.0 Å². The molecule has 1 unspecified atom stereocenters. The monoisotopic (exact) mass is 246 g/mol. The molecule has 2 aromatic rings. The Morgan fingerprint density at radius 2 is 2.35 bits per heavy atom. The van der Waals surface area contributed by atoms with Crippen LogP contribution < -0.4 is 10.1 Å². The van der Waals surface area contributed by atoms with E-state index < -0.39 is 6.10 Å². The smallest absolute Gasteiger partial charge is 0.265 e. The van der Waals surface area contributed by atoms with Crippen molar-refractivity contribution < 1.29 is 9.53 Å². The minimum absolute atomic E-state index is 0.117. The molecule has 1 atom stereocenters. The molecule has 0 bridgehead atoms. The standard InChI is InChI=1S/C12H10N2O2S/c1-7-11(15)14-9-6-8(2-3-10(9)16-7)12-13-4-5-17-12/h2-7H,1H3,(H,14,15). The molecule has 1 N–H and O–H groups in total. The van der Waals surface area contributed by atoms with Crippen LogP contribution in [0.5, 0.6) is 5.75 Å². The number of rotatable bonds is 1. The van der Waals surface area contributed by atoms with Crippen molar-refractivity contribution >= 4 is 22.9 Å². The van der Waals surface area contributed by atoms with Crippen LogP contribution >= 0.6 is 11.3 Å². The van der Waals surface area contributed by atoms with E-state index >= 15 is 0 Å². The van der Waals surface area contributed by atoms with Gasteiger partial charge in [0, 0.05) is 17.1 Å². The van der Waals surface area contributed by atoms with Gasteiger partial charge in [-0.3, -0.25) is 4.79 Å². The Hall–Kier alpha value is -1.88. The molecular formula is C12H10N2O2S. The lowest BCUT2D eigenvalue weighted by Crippen LogP contribution is -2.34. The predicted molar refractivity (Wildman–Crippen MR) is 66.3 cm³/mol. The number of ether oxygens (including phenoxy) is 1. The van der Waals surface area contributed by atoms with Gasteiger partial charge in [-0.25, -0.2) is 4.98 Å². The maximum Gasteiger partial charge on any atom is 0.265 e. The van der Waals surface area contributed by atoms with Crippen molar-refractivity contribution in [1.82, 2.24) is 4.98 Å². The Labute approximate surface area is 102 Å². The molecule has 1 aliphatic heterocycles. The molecule has 2 heterocycles. The highest BCUT2D eigenvalue weighted by molar-refractivity contribution is 7.13. The largest absolute Gasteiger partial charge is 0.479 e. The van der Waals surface area contributed by atoms with Crippen molar-refractivity contribution in [1.29, 1.82) is 0 Å². The highest BCUT2D eigenvalue weighted by Gasteiger charge is 2.23. The van der Waals surface area contributed by atoms with Crippen molar-refractivity contribution in [2.24, 2.45) is 0 Å². The summed E-state index contributed by atoms with van der Waals surface area (Å²) in [6.45, 7) is 1.73. The molecule has 3 rings (SSSR count). The Morgan fingerprint density at radius 3 is 3.12 bits per heavy atom. The van der Waals surface area contributed by atoms with Crippen LogP contribution in [-0.2, 0) is 4.79 Å². The van der Waals surface area contributed by atoms with Gasteiger partial charge < -0.3 is 10.1 Å². The molecule has 1 amide bonds. The number of carbonyl (C=O) groups excluding carboxylic acids is 1. The van der Waals surface area contributed by atoms with Gasteiger partial charge in [0.15, 0.2) is 6.10 Å². The SMILES string of the molecule is CC1Oc2ccc(-c3nccs3)cc2NC1=O. The summed E-state index contributed by atoms with van der Waals surface area (Å²) in [6, 6.07) is 5.70. The molecule has 1 aliphatic rings. The van der Waals surface area contributed by atoms with Gasteiger partial charge >= 0.3 is 0 Å². The van der Waals surface area contributed by atoms with Gasteiger partial charge in [0.25, 0.3) is 5.91 Å². The molecule has 4 nitrogen and oxygen atoms in total. The molecule has 0 radical (unpaired) electrons. The second kappa shape index (κ2) is 3.85. The van der Waals surface area contributed by atoms with Crippen LogP contribution in [0.3, 0.4) is 0 Å². The molecular weight excluding hydrogens is 236 g/mol. The normalized spacial score (nSPS) is 18.2. The first-order valence-corrected chi connectivity index (χ1v) is 6.13. The number of nitrogens with zero attached hydrogens (tertiary/aromatic N) is 1. The highest BCUT2D eigenvalue weighted by atomic mass is 32.1. The molecule has 0 aliphatic carbocycles. The number of aromatic nitrogens is 1. The van der Waals surface area contributed by atoms with E-state index in [1.54, 1.807) is 24.5 Å². The first-order chi connectivity index (χ1) is 8.24. The quantitative estimate of drug-likeness (QED) is 0.841. The number of hydrogen-bond donors (Lipinski definition) is 1. The molecule has 1 aromatic carbocycles. The average Bonchev–Trinajstić information content (AvgIpc) is 2.83. The number of fused-ring (bicyclic) bond motifs is 1. The van der Waals surface area contributed by atoms with Crippen molar-refractivity contribution in [2.75, 3.05) is 5.32 Å². The van der Waals surface area contributed by atoms with E-state index in [2.05, 4.69) is 10.3 Å². The van der Waals surface area contributed by atoms with Crippen LogP contribution in [0.4, 0.5) is 5.69 Å². The van der Waals surface area contributed by atoms with Gasteiger partial charge in [-0.15, -0.1) is 11.3 Å². The topological polar surface area (TPSA) is 51.2 Å². The van der Waals surface area contributed by atoms with Crippen LogP contribution in [0.1, 0.15) is 6.92 Å². The van der Waals surface area contributed by atoms with Gasteiger partial charge in [0.1, 0.15) is 10.8 Å². The molecule has 0 saturated heterocycles. The summed E-state index contributed by atoms with van der Waals surface area (Å²) in [5.41, 5.74) is 1.69. The van der Waals surface area contributed by atoms with Crippen LogP contribution in [0.25, 0.3) is 10.6 Å². The third-order valence-electron chi connectivity index (χ3n) is 2.59. The van der Waals surface area contributed by atoms with Crippen LogP contribution in [0, 0.1) is 0 Å². The fourth-order valence-electron chi connectivity index (χ4n) is 1.71. The maximum absolute atomic E-state index is 11.5. The lowest BCUT2D eigenvalue weighted by molar-refractivity contribution is -0.122. The number of amides is 1. The molecule has 86 valence electrons. The van der Waals surface area contributed by atoms with E-state index in [4.69, 9.17) is 4.74 Å². The number of carbonyl (C=O) groups is 1. The number of nitrogens with one attached hydrogen (secondary N) is 1. The van der Waals surface area contributed by atoms with Crippen molar-refractivity contribution in [3.8, 4) is 16.3 Å². The van der Waals surface area contributed by atoms with Crippen molar-refractivity contribution in [3.63, 3.8) is 0 Å². The van der Waals surface area contributed by atoms with E-state index in [1.807, 2.05) is 23.6 Å². The van der Waals surface area contributed by atoms with Gasteiger partial charge in [0.05, 0.1) is 5.69 Å². The first-order valence-electron chi connectivity index (χ1n) is 5.25. The van der Waals surface area contributed by atoms with E-state index in [9.17, 15) is 4.79 Å².